The lowest BCUT2D eigenvalue weighted by Gasteiger charge is -2.18. The van der Waals surface area contributed by atoms with E-state index in [0.717, 1.165) is 11.3 Å². The Kier molecular flexibility index (Phi) is 4.37. The van der Waals surface area contributed by atoms with Crippen LogP contribution in [0.2, 0.25) is 0 Å². The predicted octanol–water partition coefficient (Wildman–Crippen LogP) is 2.55. The lowest BCUT2D eigenvalue weighted by atomic mass is 10.1. The summed E-state index contributed by atoms with van der Waals surface area (Å²) in [6, 6.07) is 4.62. The molecular weight excluding hydrogens is 281 g/mol. The molecule has 2 rings (SSSR count). The highest BCUT2D eigenvalue weighted by atomic mass is 32.1. The molecule has 1 aromatic carbocycles. The molecular formula is C14H16FNO3S. The van der Waals surface area contributed by atoms with Crippen molar-refractivity contribution >= 4 is 27.4 Å². The number of nitrogens with zero attached hydrogens (tertiary/aromatic N) is 1. The third kappa shape index (κ3) is 2.98. The fourth-order valence-corrected chi connectivity index (χ4v) is 3.34. The number of carbonyl (C=O) groups is 1. The highest BCUT2D eigenvalue weighted by molar-refractivity contribution is 7.21. The van der Waals surface area contributed by atoms with Gasteiger partial charge in [-0.25, -0.2) is 9.18 Å². The van der Waals surface area contributed by atoms with E-state index in [0.29, 0.717) is 22.2 Å². The molecule has 0 aliphatic rings. The van der Waals surface area contributed by atoms with Gasteiger partial charge in [0, 0.05) is 28.7 Å². The Balaban J connectivity index is 2.48. The maximum atomic E-state index is 14.0. The van der Waals surface area contributed by atoms with Crippen LogP contribution in [0.3, 0.4) is 0 Å². The van der Waals surface area contributed by atoms with E-state index in [1.54, 1.807) is 31.0 Å². The number of hydrogen-bond acceptors (Lipinski definition) is 4. The van der Waals surface area contributed by atoms with Crippen molar-refractivity contribution in [3.8, 4) is 0 Å². The van der Waals surface area contributed by atoms with Gasteiger partial charge in [0.15, 0.2) is 0 Å². The van der Waals surface area contributed by atoms with Crippen molar-refractivity contribution in [2.24, 2.45) is 0 Å². The minimum Gasteiger partial charge on any atom is -0.477 e. The summed E-state index contributed by atoms with van der Waals surface area (Å²) in [5.41, 5.74) is 0.471. The van der Waals surface area contributed by atoms with Crippen molar-refractivity contribution < 1.29 is 19.4 Å². The van der Waals surface area contributed by atoms with Crippen LogP contribution in [0.4, 0.5) is 4.39 Å². The predicted molar refractivity (Wildman–Crippen MR) is 76.8 cm³/mol. The molecule has 4 nitrogen and oxygen atoms in total. The molecule has 1 unspecified atom stereocenters. The lowest BCUT2D eigenvalue weighted by Crippen LogP contribution is -2.27. The first-order valence-electron chi connectivity index (χ1n) is 6.20. The molecule has 1 aromatic heterocycles. The molecule has 0 aliphatic carbocycles. The van der Waals surface area contributed by atoms with E-state index in [9.17, 15) is 19.4 Å². The minimum absolute atomic E-state index is 0.155. The normalized spacial score (nSPS) is 13.1. The SMILES string of the molecule is CC(O)CN(C)Cc1c(C(=O)O)sc2cccc(F)c12. The van der Waals surface area contributed by atoms with Crippen LogP contribution in [0.25, 0.3) is 10.1 Å². The number of likely N-dealkylation sites (N-methyl/N-ethyl adjacent to an activating group) is 1. The van der Waals surface area contributed by atoms with Crippen molar-refractivity contribution in [2.75, 3.05) is 13.6 Å². The summed E-state index contributed by atoms with van der Waals surface area (Å²) in [6.07, 6.45) is -0.525. The molecule has 2 N–H and O–H groups in total. The van der Waals surface area contributed by atoms with E-state index in [1.807, 2.05) is 0 Å². The smallest absolute Gasteiger partial charge is 0.346 e. The Bertz CT molecular complexity index is 639. The molecule has 0 fully saturated rings. The summed E-state index contributed by atoms with van der Waals surface area (Å²) >= 11 is 1.08. The Morgan fingerprint density at radius 2 is 2.20 bits per heavy atom. The highest BCUT2D eigenvalue weighted by Crippen LogP contribution is 2.34. The van der Waals surface area contributed by atoms with Gasteiger partial charge in [-0.1, -0.05) is 6.07 Å². The van der Waals surface area contributed by atoms with Gasteiger partial charge < -0.3 is 10.2 Å². The largest absolute Gasteiger partial charge is 0.477 e. The Morgan fingerprint density at radius 3 is 2.80 bits per heavy atom. The number of aliphatic hydroxyl groups excluding tert-OH is 1. The van der Waals surface area contributed by atoms with Gasteiger partial charge in [-0.05, 0) is 26.1 Å². The fraction of sp³-hybridized carbons (Fsp3) is 0.357. The molecule has 1 atom stereocenters. The Morgan fingerprint density at radius 1 is 1.50 bits per heavy atom. The monoisotopic (exact) mass is 297 g/mol. The molecule has 2 aromatic rings. The zero-order valence-electron chi connectivity index (χ0n) is 11.3. The maximum absolute atomic E-state index is 14.0. The van der Waals surface area contributed by atoms with Gasteiger partial charge in [0.05, 0.1) is 6.10 Å². The summed E-state index contributed by atoms with van der Waals surface area (Å²) in [5.74, 6) is -1.46. The number of carboxylic acids is 1. The zero-order chi connectivity index (χ0) is 14.9. The summed E-state index contributed by atoms with van der Waals surface area (Å²) in [6.45, 7) is 2.33. The van der Waals surface area contributed by atoms with Crippen molar-refractivity contribution in [3.05, 3.63) is 34.5 Å². The van der Waals surface area contributed by atoms with Crippen LogP contribution >= 0.6 is 11.3 Å². The topological polar surface area (TPSA) is 60.8 Å². The van der Waals surface area contributed by atoms with Gasteiger partial charge >= 0.3 is 5.97 Å². The van der Waals surface area contributed by atoms with Crippen LogP contribution in [-0.2, 0) is 6.54 Å². The summed E-state index contributed by atoms with van der Waals surface area (Å²) < 4.78 is 14.6. The van der Waals surface area contributed by atoms with E-state index in [4.69, 9.17) is 0 Å². The number of hydrogen-bond donors (Lipinski definition) is 2. The standard InChI is InChI=1S/C14H16FNO3S/c1-8(17)6-16(2)7-9-12-10(15)4-3-5-11(12)20-13(9)14(18)19/h3-5,8,17H,6-7H2,1-2H3,(H,18,19). The number of aromatic carboxylic acids is 1. The molecule has 6 heteroatoms. The lowest BCUT2D eigenvalue weighted by molar-refractivity contribution is 0.0700. The van der Waals surface area contributed by atoms with Gasteiger partial charge in [-0.15, -0.1) is 11.3 Å². The number of thiophene rings is 1. The summed E-state index contributed by atoms with van der Waals surface area (Å²) in [4.78, 5) is 13.3. The summed E-state index contributed by atoms with van der Waals surface area (Å²) in [5, 5.41) is 19.0. The van der Waals surface area contributed by atoms with Crippen molar-refractivity contribution in [3.63, 3.8) is 0 Å². The van der Waals surface area contributed by atoms with E-state index in [2.05, 4.69) is 0 Å². The van der Waals surface area contributed by atoms with Crippen molar-refractivity contribution in [2.45, 2.75) is 19.6 Å². The van der Waals surface area contributed by atoms with Gasteiger partial charge in [-0.3, -0.25) is 4.90 Å². The van der Waals surface area contributed by atoms with Crippen LogP contribution in [-0.4, -0.2) is 40.8 Å². The molecule has 0 saturated heterocycles. The molecule has 0 radical (unpaired) electrons. The van der Waals surface area contributed by atoms with Gasteiger partial charge in [0.1, 0.15) is 10.7 Å². The zero-order valence-corrected chi connectivity index (χ0v) is 12.1. The Labute approximate surface area is 120 Å². The first kappa shape index (κ1) is 14.9. The Hall–Kier alpha value is -1.50. The quantitative estimate of drug-likeness (QED) is 0.890. The molecule has 20 heavy (non-hydrogen) atoms. The van der Waals surface area contributed by atoms with E-state index < -0.39 is 17.9 Å². The van der Waals surface area contributed by atoms with Crippen molar-refractivity contribution in [1.29, 1.82) is 0 Å². The second-order valence-corrected chi connectivity index (χ2v) is 5.93. The molecule has 1 heterocycles. The molecule has 0 saturated carbocycles. The van der Waals surface area contributed by atoms with E-state index >= 15 is 0 Å². The highest BCUT2D eigenvalue weighted by Gasteiger charge is 2.21. The van der Waals surface area contributed by atoms with E-state index in [-0.39, 0.29) is 11.4 Å². The maximum Gasteiger partial charge on any atom is 0.346 e. The van der Waals surface area contributed by atoms with Gasteiger partial charge in [0.25, 0.3) is 0 Å². The first-order chi connectivity index (χ1) is 9.40. The molecule has 108 valence electrons. The van der Waals surface area contributed by atoms with Crippen LogP contribution < -0.4 is 0 Å². The number of carboxylic acid groups (broad SMARTS) is 1. The van der Waals surface area contributed by atoms with Crippen LogP contribution in [0.15, 0.2) is 18.2 Å². The minimum atomic E-state index is -1.05. The van der Waals surface area contributed by atoms with E-state index in [1.165, 1.54) is 6.07 Å². The fourth-order valence-electron chi connectivity index (χ4n) is 2.28. The van der Waals surface area contributed by atoms with Gasteiger partial charge in [-0.2, -0.15) is 0 Å². The first-order valence-corrected chi connectivity index (χ1v) is 7.01. The average molecular weight is 297 g/mol. The third-order valence-corrected chi connectivity index (χ3v) is 4.15. The van der Waals surface area contributed by atoms with Crippen LogP contribution in [0.1, 0.15) is 22.2 Å². The number of rotatable bonds is 5. The second-order valence-electron chi connectivity index (χ2n) is 4.87. The molecule has 0 spiro atoms. The number of benzene rings is 1. The van der Waals surface area contributed by atoms with Crippen LogP contribution in [0.5, 0.6) is 0 Å². The second kappa shape index (κ2) is 5.87. The van der Waals surface area contributed by atoms with Crippen molar-refractivity contribution in [1.82, 2.24) is 4.90 Å². The molecule has 0 aliphatic heterocycles. The number of aliphatic hydroxyl groups is 1. The third-order valence-electron chi connectivity index (χ3n) is 2.96. The number of fused-ring (bicyclic) bond motifs is 1. The van der Waals surface area contributed by atoms with Gasteiger partial charge in [0.2, 0.25) is 0 Å². The number of halogens is 1. The molecule has 0 amide bonds. The summed E-state index contributed by atoms with van der Waals surface area (Å²) in [7, 11) is 1.77. The average Bonchev–Trinajstić information content (AvgIpc) is 2.68. The molecule has 0 bridgehead atoms. The van der Waals surface area contributed by atoms with Crippen LogP contribution in [0, 0.1) is 5.82 Å².